The molecule has 1 fully saturated rings. The molecule has 25 heavy (non-hydrogen) atoms. The summed E-state index contributed by atoms with van der Waals surface area (Å²) in [5.74, 6) is 0.513. The van der Waals surface area contributed by atoms with Gasteiger partial charge in [0.2, 0.25) is 5.95 Å². The molecule has 132 valence electrons. The number of amides is 1. The van der Waals surface area contributed by atoms with Crippen molar-refractivity contribution in [3.05, 3.63) is 36.3 Å². The van der Waals surface area contributed by atoms with Crippen molar-refractivity contribution in [3.8, 4) is 0 Å². The van der Waals surface area contributed by atoms with Gasteiger partial charge in [-0.3, -0.25) is 0 Å². The number of carboxylic acid groups (broad SMARTS) is 1. The van der Waals surface area contributed by atoms with Crippen molar-refractivity contribution in [2.45, 2.75) is 18.9 Å². The van der Waals surface area contributed by atoms with Crippen LogP contribution in [0.3, 0.4) is 0 Å². The molecule has 0 spiro atoms. The Balaban J connectivity index is 1.65. The summed E-state index contributed by atoms with van der Waals surface area (Å²) in [7, 11) is 0. The van der Waals surface area contributed by atoms with E-state index in [1.54, 1.807) is 12.1 Å². The molecule has 1 aliphatic heterocycles. The first-order valence-corrected chi connectivity index (χ1v) is 7.91. The van der Waals surface area contributed by atoms with Crippen LogP contribution in [0, 0.1) is 5.82 Å². The Labute approximate surface area is 143 Å². The Bertz CT molecular complexity index is 747. The highest BCUT2D eigenvalue weighted by atomic mass is 19.1. The zero-order chi connectivity index (χ0) is 17.8. The van der Waals surface area contributed by atoms with Gasteiger partial charge in [0, 0.05) is 24.8 Å². The first-order chi connectivity index (χ1) is 12.0. The number of aromatic nitrogens is 2. The van der Waals surface area contributed by atoms with E-state index in [-0.39, 0.29) is 11.9 Å². The summed E-state index contributed by atoms with van der Waals surface area (Å²) >= 11 is 0. The lowest BCUT2D eigenvalue weighted by Gasteiger charge is -2.30. The van der Waals surface area contributed by atoms with Crippen molar-refractivity contribution in [3.63, 3.8) is 0 Å². The molecule has 3 rings (SSSR count). The van der Waals surface area contributed by atoms with Crippen LogP contribution >= 0.6 is 0 Å². The Morgan fingerprint density at radius 2 is 1.96 bits per heavy atom. The Hall–Kier alpha value is -3.10. The number of hydrogen-bond donors (Lipinski definition) is 4. The minimum atomic E-state index is -0.897. The van der Waals surface area contributed by atoms with Crippen LogP contribution in [0.2, 0.25) is 0 Å². The van der Waals surface area contributed by atoms with Crippen molar-refractivity contribution in [1.29, 1.82) is 0 Å². The number of hydrogen-bond acceptors (Lipinski definition) is 6. The van der Waals surface area contributed by atoms with Crippen molar-refractivity contribution < 1.29 is 14.3 Å². The van der Waals surface area contributed by atoms with Gasteiger partial charge in [0.15, 0.2) is 5.82 Å². The van der Waals surface area contributed by atoms with Gasteiger partial charge >= 0.3 is 6.09 Å². The number of likely N-dealkylation sites (tertiary alicyclic amines) is 1. The first kappa shape index (κ1) is 16.7. The lowest BCUT2D eigenvalue weighted by molar-refractivity contribution is 0.134. The summed E-state index contributed by atoms with van der Waals surface area (Å²) in [6.07, 6.45) is 1.95. The van der Waals surface area contributed by atoms with Gasteiger partial charge in [0.1, 0.15) is 5.82 Å². The van der Waals surface area contributed by atoms with Crippen LogP contribution in [0.15, 0.2) is 30.5 Å². The van der Waals surface area contributed by atoms with E-state index in [4.69, 9.17) is 10.8 Å². The number of nitrogens with one attached hydrogen (secondary N) is 2. The summed E-state index contributed by atoms with van der Waals surface area (Å²) in [5, 5.41) is 15.2. The molecule has 1 aromatic carbocycles. The summed E-state index contributed by atoms with van der Waals surface area (Å²) in [4.78, 5) is 20.8. The van der Waals surface area contributed by atoms with Crippen LogP contribution in [0.4, 0.5) is 32.3 Å². The number of carbonyl (C=O) groups is 1. The van der Waals surface area contributed by atoms with Crippen molar-refractivity contribution in [1.82, 2.24) is 14.9 Å². The fourth-order valence-corrected chi connectivity index (χ4v) is 2.64. The molecule has 0 atom stereocenters. The van der Waals surface area contributed by atoms with Crippen LogP contribution in [0.25, 0.3) is 0 Å². The molecule has 0 radical (unpaired) electrons. The molecule has 1 saturated heterocycles. The molecule has 1 amide bonds. The van der Waals surface area contributed by atoms with Crippen molar-refractivity contribution in [2.24, 2.45) is 0 Å². The smallest absolute Gasteiger partial charge is 0.407 e. The molecule has 9 heteroatoms. The Morgan fingerprint density at radius 1 is 1.28 bits per heavy atom. The normalized spacial score (nSPS) is 15.0. The molecular formula is C16H19FN6O2. The maximum Gasteiger partial charge on any atom is 0.407 e. The van der Waals surface area contributed by atoms with E-state index >= 15 is 0 Å². The van der Waals surface area contributed by atoms with Gasteiger partial charge in [0.25, 0.3) is 0 Å². The highest BCUT2D eigenvalue weighted by Crippen LogP contribution is 2.22. The van der Waals surface area contributed by atoms with Crippen molar-refractivity contribution >= 4 is 29.2 Å². The standard InChI is InChI=1S/C16H19FN6O2/c17-10-1-3-11(4-2-10)21-15-19-9-13(18)14(22-15)20-12-5-7-23(8-6-12)16(24)25/h1-4,9,12H,5-8,18H2,(H,24,25)(H2,19,20,21,22). The molecular weight excluding hydrogens is 327 g/mol. The fourth-order valence-electron chi connectivity index (χ4n) is 2.64. The molecule has 5 N–H and O–H groups in total. The van der Waals surface area contributed by atoms with Crippen molar-refractivity contribution in [2.75, 3.05) is 29.5 Å². The summed E-state index contributed by atoms with van der Waals surface area (Å²) in [5.41, 5.74) is 6.99. The minimum absolute atomic E-state index is 0.0893. The average molecular weight is 346 g/mol. The summed E-state index contributed by atoms with van der Waals surface area (Å²) in [6, 6.07) is 5.95. The van der Waals surface area contributed by atoms with Crippen LogP contribution in [-0.2, 0) is 0 Å². The minimum Gasteiger partial charge on any atom is -0.465 e. The molecule has 2 aromatic rings. The van der Waals surface area contributed by atoms with E-state index in [1.165, 1.54) is 23.2 Å². The molecule has 0 saturated carbocycles. The predicted molar refractivity (Wildman–Crippen MR) is 92.4 cm³/mol. The highest BCUT2D eigenvalue weighted by molar-refractivity contribution is 5.66. The maximum atomic E-state index is 13.0. The lowest BCUT2D eigenvalue weighted by Crippen LogP contribution is -2.41. The molecule has 0 aliphatic carbocycles. The van der Waals surface area contributed by atoms with E-state index in [0.29, 0.717) is 49.1 Å². The second kappa shape index (κ2) is 7.20. The molecule has 1 aromatic heterocycles. The average Bonchev–Trinajstić information content (AvgIpc) is 2.60. The van der Waals surface area contributed by atoms with E-state index in [0.717, 1.165) is 0 Å². The third-order valence-corrected chi connectivity index (χ3v) is 4.02. The second-order valence-electron chi connectivity index (χ2n) is 5.82. The Morgan fingerprint density at radius 3 is 2.60 bits per heavy atom. The molecule has 2 heterocycles. The summed E-state index contributed by atoms with van der Waals surface area (Å²) in [6.45, 7) is 0.942. The van der Waals surface area contributed by atoms with Gasteiger partial charge in [-0.1, -0.05) is 0 Å². The highest BCUT2D eigenvalue weighted by Gasteiger charge is 2.23. The quantitative estimate of drug-likeness (QED) is 0.672. The molecule has 8 nitrogen and oxygen atoms in total. The number of nitrogens with zero attached hydrogens (tertiary/aromatic N) is 3. The van der Waals surface area contributed by atoms with Gasteiger partial charge in [-0.25, -0.2) is 14.2 Å². The number of nitrogen functional groups attached to an aromatic ring is 1. The van der Waals surface area contributed by atoms with E-state index in [1.807, 2.05) is 0 Å². The fraction of sp³-hybridized carbons (Fsp3) is 0.312. The van der Waals surface area contributed by atoms with E-state index in [9.17, 15) is 9.18 Å². The van der Waals surface area contributed by atoms with Gasteiger partial charge < -0.3 is 26.4 Å². The van der Waals surface area contributed by atoms with Gasteiger partial charge in [-0.05, 0) is 37.1 Å². The van der Waals surface area contributed by atoms with Gasteiger partial charge in [-0.2, -0.15) is 4.98 Å². The monoisotopic (exact) mass is 346 g/mol. The molecule has 1 aliphatic rings. The van der Waals surface area contributed by atoms with Gasteiger partial charge in [-0.15, -0.1) is 0 Å². The second-order valence-corrected chi connectivity index (χ2v) is 5.82. The third-order valence-electron chi connectivity index (χ3n) is 4.02. The van der Waals surface area contributed by atoms with Crippen LogP contribution in [0.1, 0.15) is 12.8 Å². The zero-order valence-corrected chi connectivity index (χ0v) is 13.4. The number of halogens is 1. The maximum absolute atomic E-state index is 13.0. The largest absolute Gasteiger partial charge is 0.465 e. The first-order valence-electron chi connectivity index (χ1n) is 7.91. The number of piperidine rings is 1. The lowest BCUT2D eigenvalue weighted by atomic mass is 10.1. The number of nitrogens with two attached hydrogens (primary N) is 1. The molecule has 0 bridgehead atoms. The SMILES string of the molecule is Nc1cnc(Nc2ccc(F)cc2)nc1NC1CCN(C(=O)O)CC1. The third kappa shape index (κ3) is 4.25. The predicted octanol–water partition coefficient (Wildman–Crippen LogP) is 2.50. The van der Waals surface area contributed by atoms with Gasteiger partial charge in [0.05, 0.1) is 11.9 Å². The van der Waals surface area contributed by atoms with Crippen LogP contribution < -0.4 is 16.4 Å². The zero-order valence-electron chi connectivity index (χ0n) is 13.4. The topological polar surface area (TPSA) is 116 Å². The van der Waals surface area contributed by atoms with Crippen LogP contribution in [0.5, 0.6) is 0 Å². The number of benzene rings is 1. The number of rotatable bonds is 4. The van der Waals surface area contributed by atoms with E-state index < -0.39 is 6.09 Å². The summed E-state index contributed by atoms with van der Waals surface area (Å²) < 4.78 is 13.0. The van der Waals surface area contributed by atoms with E-state index in [2.05, 4.69) is 20.6 Å². The number of anilines is 4. The van der Waals surface area contributed by atoms with Crippen LogP contribution in [-0.4, -0.2) is 45.2 Å². The Kier molecular flexibility index (Phi) is 4.82. The molecule has 0 unspecified atom stereocenters.